The lowest BCUT2D eigenvalue weighted by molar-refractivity contribution is 0.0658. The first kappa shape index (κ1) is 9.01. The van der Waals surface area contributed by atoms with Crippen LogP contribution in [-0.2, 0) is 9.47 Å². The molecule has 0 radical (unpaired) electrons. The fourth-order valence-electron chi connectivity index (χ4n) is 1.67. The van der Waals surface area contributed by atoms with Crippen molar-refractivity contribution in [2.24, 2.45) is 5.92 Å². The standard InChI is InChI=1S/C7H12O2.C2H6/c1-5-4-9-6-2-3-8-7(5)6;1-2/h5-7H,2-4H2,1H3;1-2H3/t5-,6?,7?;/m1./s1. The van der Waals surface area contributed by atoms with Gasteiger partial charge in [0.2, 0.25) is 0 Å². The second-order valence-electron chi connectivity index (χ2n) is 2.97. The van der Waals surface area contributed by atoms with Crippen LogP contribution < -0.4 is 0 Å². The monoisotopic (exact) mass is 158 g/mol. The fraction of sp³-hybridized carbons (Fsp3) is 1.00. The highest BCUT2D eigenvalue weighted by Gasteiger charge is 2.38. The highest BCUT2D eigenvalue weighted by Crippen LogP contribution is 2.29. The molecule has 66 valence electrons. The van der Waals surface area contributed by atoms with Gasteiger partial charge in [-0.3, -0.25) is 0 Å². The molecule has 0 spiro atoms. The smallest absolute Gasteiger partial charge is 0.0884 e. The lowest BCUT2D eigenvalue weighted by Gasteiger charge is -2.08. The molecule has 2 rings (SSSR count). The van der Waals surface area contributed by atoms with Gasteiger partial charge >= 0.3 is 0 Å². The van der Waals surface area contributed by atoms with E-state index in [2.05, 4.69) is 6.92 Å². The predicted octanol–water partition coefficient (Wildman–Crippen LogP) is 1.84. The van der Waals surface area contributed by atoms with Crippen molar-refractivity contribution in [3.8, 4) is 0 Å². The molecule has 0 amide bonds. The van der Waals surface area contributed by atoms with Crippen molar-refractivity contribution in [1.29, 1.82) is 0 Å². The summed E-state index contributed by atoms with van der Waals surface area (Å²) in [5, 5.41) is 0. The Kier molecular flexibility index (Phi) is 3.34. The van der Waals surface area contributed by atoms with E-state index in [1.165, 1.54) is 0 Å². The second kappa shape index (κ2) is 4.07. The molecule has 2 unspecified atom stereocenters. The number of fused-ring (bicyclic) bond motifs is 1. The molecule has 0 aliphatic carbocycles. The van der Waals surface area contributed by atoms with Gasteiger partial charge in [0.05, 0.1) is 18.8 Å². The van der Waals surface area contributed by atoms with E-state index in [1.54, 1.807) is 0 Å². The molecule has 11 heavy (non-hydrogen) atoms. The Bertz CT molecular complexity index is 114. The van der Waals surface area contributed by atoms with Crippen LogP contribution in [0.1, 0.15) is 27.2 Å². The minimum atomic E-state index is 0.421. The Balaban J connectivity index is 0.000000281. The molecule has 2 fully saturated rings. The quantitative estimate of drug-likeness (QED) is 0.535. The zero-order valence-corrected chi connectivity index (χ0v) is 7.67. The molecule has 2 nitrogen and oxygen atoms in total. The highest BCUT2D eigenvalue weighted by molar-refractivity contribution is 4.86. The van der Waals surface area contributed by atoms with Gasteiger partial charge in [-0.15, -0.1) is 0 Å². The molecule has 2 aliphatic rings. The molecular weight excluding hydrogens is 140 g/mol. The zero-order chi connectivity index (χ0) is 8.27. The van der Waals surface area contributed by atoms with Crippen LogP contribution in [0.15, 0.2) is 0 Å². The molecule has 0 saturated carbocycles. The van der Waals surface area contributed by atoms with Crippen molar-refractivity contribution >= 4 is 0 Å². The topological polar surface area (TPSA) is 18.5 Å². The van der Waals surface area contributed by atoms with E-state index in [0.717, 1.165) is 19.6 Å². The molecule has 3 atom stereocenters. The third kappa shape index (κ3) is 1.74. The van der Waals surface area contributed by atoms with Gasteiger partial charge < -0.3 is 9.47 Å². The van der Waals surface area contributed by atoms with E-state index >= 15 is 0 Å². The number of hydrogen-bond donors (Lipinski definition) is 0. The highest BCUT2D eigenvalue weighted by atomic mass is 16.6. The molecule has 2 heterocycles. The maximum atomic E-state index is 5.46. The molecule has 0 aromatic heterocycles. The average molecular weight is 158 g/mol. The van der Waals surface area contributed by atoms with E-state index in [0.29, 0.717) is 18.1 Å². The van der Waals surface area contributed by atoms with Crippen molar-refractivity contribution in [1.82, 2.24) is 0 Å². The number of hydrogen-bond acceptors (Lipinski definition) is 2. The lowest BCUT2D eigenvalue weighted by Crippen LogP contribution is -2.19. The van der Waals surface area contributed by atoms with Crippen molar-refractivity contribution in [3.05, 3.63) is 0 Å². The zero-order valence-electron chi connectivity index (χ0n) is 7.67. The van der Waals surface area contributed by atoms with Gasteiger partial charge in [0.25, 0.3) is 0 Å². The van der Waals surface area contributed by atoms with Gasteiger partial charge in [-0.1, -0.05) is 20.8 Å². The summed E-state index contributed by atoms with van der Waals surface area (Å²) in [6.45, 7) is 7.99. The van der Waals surface area contributed by atoms with Crippen molar-refractivity contribution in [2.45, 2.75) is 39.4 Å². The molecule has 0 bridgehead atoms. The summed E-state index contributed by atoms with van der Waals surface area (Å²) in [7, 11) is 0. The normalized spacial score (nSPS) is 41.2. The Morgan fingerprint density at radius 3 is 2.55 bits per heavy atom. The van der Waals surface area contributed by atoms with E-state index in [4.69, 9.17) is 9.47 Å². The summed E-state index contributed by atoms with van der Waals surface area (Å²) in [6, 6.07) is 0. The molecule has 0 N–H and O–H groups in total. The van der Waals surface area contributed by atoms with Gasteiger partial charge in [-0.25, -0.2) is 0 Å². The molecule has 2 heteroatoms. The van der Waals surface area contributed by atoms with Crippen molar-refractivity contribution < 1.29 is 9.47 Å². The lowest BCUT2D eigenvalue weighted by atomic mass is 10.1. The summed E-state index contributed by atoms with van der Waals surface area (Å²) < 4.78 is 10.9. The van der Waals surface area contributed by atoms with Crippen LogP contribution in [0.2, 0.25) is 0 Å². The number of ether oxygens (including phenoxy) is 2. The SMILES string of the molecule is CC.C[C@@H]1COC2CCOC21. The molecule has 0 aromatic carbocycles. The minimum absolute atomic E-state index is 0.421. The van der Waals surface area contributed by atoms with Gasteiger partial charge in [-0.05, 0) is 6.42 Å². The minimum Gasteiger partial charge on any atom is -0.375 e. The first-order valence-electron chi connectivity index (χ1n) is 4.61. The summed E-state index contributed by atoms with van der Waals surface area (Å²) in [5.41, 5.74) is 0. The van der Waals surface area contributed by atoms with Crippen molar-refractivity contribution in [2.75, 3.05) is 13.2 Å². The maximum Gasteiger partial charge on any atom is 0.0884 e. The van der Waals surface area contributed by atoms with Crippen LogP contribution in [0.4, 0.5) is 0 Å². The Hall–Kier alpha value is -0.0800. The van der Waals surface area contributed by atoms with E-state index < -0.39 is 0 Å². The Morgan fingerprint density at radius 1 is 1.18 bits per heavy atom. The third-order valence-electron chi connectivity index (χ3n) is 2.21. The second-order valence-corrected chi connectivity index (χ2v) is 2.97. The summed E-state index contributed by atoms with van der Waals surface area (Å²) >= 11 is 0. The van der Waals surface area contributed by atoms with Gasteiger partial charge in [0.15, 0.2) is 0 Å². The first-order valence-corrected chi connectivity index (χ1v) is 4.61. The molecule has 0 aromatic rings. The van der Waals surface area contributed by atoms with Gasteiger partial charge in [-0.2, -0.15) is 0 Å². The van der Waals surface area contributed by atoms with E-state index in [1.807, 2.05) is 13.8 Å². The van der Waals surface area contributed by atoms with Crippen LogP contribution in [0.3, 0.4) is 0 Å². The predicted molar refractivity (Wildman–Crippen MR) is 44.6 cm³/mol. The fourth-order valence-corrected chi connectivity index (χ4v) is 1.67. The average Bonchev–Trinajstić information content (AvgIpc) is 2.60. The van der Waals surface area contributed by atoms with Crippen LogP contribution in [0.5, 0.6) is 0 Å². The summed E-state index contributed by atoms with van der Waals surface area (Å²) in [5.74, 6) is 0.623. The van der Waals surface area contributed by atoms with Crippen LogP contribution in [0.25, 0.3) is 0 Å². The molecule has 2 aliphatic heterocycles. The van der Waals surface area contributed by atoms with Crippen LogP contribution in [-0.4, -0.2) is 25.4 Å². The Labute approximate surface area is 68.9 Å². The van der Waals surface area contributed by atoms with Crippen LogP contribution >= 0.6 is 0 Å². The van der Waals surface area contributed by atoms with Gasteiger partial charge in [0.1, 0.15) is 0 Å². The summed E-state index contributed by atoms with van der Waals surface area (Å²) in [4.78, 5) is 0. The Morgan fingerprint density at radius 2 is 1.91 bits per heavy atom. The van der Waals surface area contributed by atoms with E-state index in [-0.39, 0.29) is 0 Å². The van der Waals surface area contributed by atoms with E-state index in [9.17, 15) is 0 Å². The molecule has 2 saturated heterocycles. The van der Waals surface area contributed by atoms with Crippen LogP contribution in [0, 0.1) is 5.92 Å². The summed E-state index contributed by atoms with van der Waals surface area (Å²) in [6.07, 6.45) is 1.96. The number of rotatable bonds is 0. The molecular formula is C9H18O2. The van der Waals surface area contributed by atoms with Gasteiger partial charge in [0, 0.05) is 12.5 Å². The first-order chi connectivity index (χ1) is 5.38. The largest absolute Gasteiger partial charge is 0.375 e. The maximum absolute atomic E-state index is 5.46. The third-order valence-corrected chi connectivity index (χ3v) is 2.21. The van der Waals surface area contributed by atoms with Crippen molar-refractivity contribution in [3.63, 3.8) is 0 Å².